The van der Waals surface area contributed by atoms with E-state index in [1.165, 1.54) is 0 Å². The molecule has 0 N–H and O–H groups in total. The second kappa shape index (κ2) is 8.23. The van der Waals surface area contributed by atoms with Crippen LogP contribution < -0.4 is 4.90 Å². The summed E-state index contributed by atoms with van der Waals surface area (Å²) in [7, 11) is 7.59. The quantitative estimate of drug-likeness (QED) is 0.320. The first-order valence-electron chi connectivity index (χ1n) is 9.25. The van der Waals surface area contributed by atoms with Gasteiger partial charge >= 0.3 is 0 Å². The molecule has 150 valence electrons. The number of nitro groups is 1. The summed E-state index contributed by atoms with van der Waals surface area (Å²) in [6, 6.07) is 22.8. The first-order valence-corrected chi connectivity index (χ1v) is 9.62. The molecule has 0 aliphatic carbocycles. The van der Waals surface area contributed by atoms with Gasteiger partial charge in [-0.25, -0.2) is 0 Å². The van der Waals surface area contributed by atoms with Crippen molar-refractivity contribution in [3.05, 3.63) is 105 Å². The first-order chi connectivity index (χ1) is 13.8. The van der Waals surface area contributed by atoms with Crippen LogP contribution in [0.5, 0.6) is 0 Å². The van der Waals surface area contributed by atoms with E-state index in [4.69, 9.17) is 11.6 Å². The summed E-state index contributed by atoms with van der Waals surface area (Å²) in [6.45, 7) is 0. The fourth-order valence-corrected chi connectivity index (χ4v) is 4.42. The molecule has 0 saturated carbocycles. The van der Waals surface area contributed by atoms with Crippen LogP contribution >= 0.6 is 11.6 Å². The second-order valence-electron chi connectivity index (χ2n) is 7.28. The van der Waals surface area contributed by atoms with Crippen LogP contribution in [0.15, 0.2) is 72.8 Å². The van der Waals surface area contributed by atoms with Crippen molar-refractivity contribution in [2.75, 3.05) is 33.1 Å². The molecule has 0 aliphatic heterocycles. The molecular formula is C23H24ClN3O2. The third-order valence-electron chi connectivity index (χ3n) is 5.19. The topological polar surface area (TPSA) is 49.6 Å². The van der Waals surface area contributed by atoms with Gasteiger partial charge in [0.25, 0.3) is 5.69 Å². The minimum Gasteiger partial charge on any atom is -0.376 e. The maximum Gasteiger partial charge on any atom is 0.276 e. The molecule has 29 heavy (non-hydrogen) atoms. The van der Waals surface area contributed by atoms with E-state index in [9.17, 15) is 10.1 Å². The lowest BCUT2D eigenvalue weighted by Gasteiger charge is -2.42. The third-order valence-corrected chi connectivity index (χ3v) is 5.58. The van der Waals surface area contributed by atoms with E-state index < -0.39 is 5.54 Å². The van der Waals surface area contributed by atoms with Gasteiger partial charge in [-0.3, -0.25) is 15.0 Å². The molecule has 0 aliphatic rings. The summed E-state index contributed by atoms with van der Waals surface area (Å²) in [5, 5.41) is 12.5. The summed E-state index contributed by atoms with van der Waals surface area (Å²) in [5.74, 6) is 0. The summed E-state index contributed by atoms with van der Waals surface area (Å²) < 4.78 is 0. The molecule has 0 amide bonds. The van der Waals surface area contributed by atoms with Crippen LogP contribution in [-0.2, 0) is 5.54 Å². The largest absolute Gasteiger partial charge is 0.376 e. The van der Waals surface area contributed by atoms with E-state index in [0.29, 0.717) is 10.6 Å². The molecule has 0 radical (unpaired) electrons. The number of anilines is 1. The highest BCUT2D eigenvalue weighted by Crippen LogP contribution is 2.49. The molecule has 0 unspecified atom stereocenters. The molecule has 3 aromatic rings. The van der Waals surface area contributed by atoms with Crippen LogP contribution in [0.3, 0.4) is 0 Å². The Balaban J connectivity index is 2.55. The zero-order chi connectivity index (χ0) is 21.2. The second-order valence-corrected chi connectivity index (χ2v) is 7.66. The Bertz CT molecular complexity index is 966. The van der Waals surface area contributed by atoms with Crippen LogP contribution in [0.2, 0.25) is 5.02 Å². The Morgan fingerprint density at radius 1 is 0.828 bits per heavy atom. The molecule has 6 heteroatoms. The van der Waals surface area contributed by atoms with Crippen LogP contribution in [-0.4, -0.2) is 38.0 Å². The van der Waals surface area contributed by atoms with Crippen molar-refractivity contribution in [3.8, 4) is 0 Å². The summed E-state index contributed by atoms with van der Waals surface area (Å²) in [4.78, 5) is 15.6. The van der Waals surface area contributed by atoms with Crippen LogP contribution in [0.1, 0.15) is 16.7 Å². The maximum atomic E-state index is 12.1. The number of hydrogen-bond acceptors (Lipinski definition) is 4. The van der Waals surface area contributed by atoms with E-state index in [1.807, 2.05) is 98.7 Å². The van der Waals surface area contributed by atoms with E-state index in [-0.39, 0.29) is 10.6 Å². The monoisotopic (exact) mass is 409 g/mol. The minimum atomic E-state index is -0.950. The van der Waals surface area contributed by atoms with Crippen LogP contribution in [0.4, 0.5) is 11.4 Å². The molecule has 0 aromatic heterocycles. The fourth-order valence-electron chi connectivity index (χ4n) is 3.95. The normalized spacial score (nSPS) is 11.5. The zero-order valence-corrected chi connectivity index (χ0v) is 17.7. The molecule has 5 nitrogen and oxygen atoms in total. The molecule has 0 spiro atoms. The minimum absolute atomic E-state index is 0.0120. The van der Waals surface area contributed by atoms with Crippen LogP contribution in [0.25, 0.3) is 0 Å². The lowest BCUT2D eigenvalue weighted by molar-refractivity contribution is -0.386. The lowest BCUT2D eigenvalue weighted by atomic mass is 9.75. The van der Waals surface area contributed by atoms with Crippen molar-refractivity contribution in [1.82, 2.24) is 4.90 Å². The van der Waals surface area contributed by atoms with Gasteiger partial charge in [0.05, 0.1) is 21.2 Å². The smallest absolute Gasteiger partial charge is 0.276 e. The highest BCUT2D eigenvalue weighted by atomic mass is 35.5. The zero-order valence-electron chi connectivity index (χ0n) is 17.0. The Morgan fingerprint density at radius 3 is 1.69 bits per heavy atom. The molecular weight excluding hydrogens is 386 g/mol. The van der Waals surface area contributed by atoms with Gasteiger partial charge in [0.15, 0.2) is 0 Å². The van der Waals surface area contributed by atoms with Crippen molar-refractivity contribution in [3.63, 3.8) is 0 Å². The average Bonchev–Trinajstić information content (AvgIpc) is 2.70. The van der Waals surface area contributed by atoms with Crippen molar-refractivity contribution in [2.45, 2.75) is 5.54 Å². The number of nitro benzene ring substituents is 1. The van der Waals surface area contributed by atoms with Crippen molar-refractivity contribution in [1.29, 1.82) is 0 Å². The summed E-state index contributed by atoms with van der Waals surface area (Å²) in [6.07, 6.45) is 0. The number of rotatable bonds is 6. The van der Waals surface area contributed by atoms with Crippen LogP contribution in [0, 0.1) is 10.1 Å². The predicted octanol–water partition coefficient (Wildman–Crippen LogP) is 5.17. The van der Waals surface area contributed by atoms with Crippen molar-refractivity contribution in [2.24, 2.45) is 0 Å². The SMILES string of the molecule is CN(C)c1ccc([N+](=O)[O-])c(C(c2ccccc2)(c2ccccc2)N(C)C)c1Cl. The molecule has 3 rings (SSSR count). The highest BCUT2D eigenvalue weighted by molar-refractivity contribution is 6.34. The van der Waals surface area contributed by atoms with Gasteiger partial charge in [-0.15, -0.1) is 0 Å². The number of hydrogen-bond donors (Lipinski definition) is 0. The molecule has 0 fully saturated rings. The van der Waals surface area contributed by atoms with E-state index in [1.54, 1.807) is 12.1 Å². The average molecular weight is 410 g/mol. The Hall–Kier alpha value is -2.89. The Kier molecular flexibility index (Phi) is 5.91. The molecule has 3 aromatic carbocycles. The van der Waals surface area contributed by atoms with E-state index in [0.717, 1.165) is 16.8 Å². The van der Waals surface area contributed by atoms with Gasteiger partial charge in [0.2, 0.25) is 0 Å². The number of nitrogens with zero attached hydrogens (tertiary/aromatic N) is 3. The highest BCUT2D eigenvalue weighted by Gasteiger charge is 2.45. The molecule has 0 atom stereocenters. The Morgan fingerprint density at radius 2 is 1.31 bits per heavy atom. The van der Waals surface area contributed by atoms with Crippen molar-refractivity contribution < 1.29 is 4.92 Å². The Labute approximate surface area is 176 Å². The maximum absolute atomic E-state index is 12.1. The third kappa shape index (κ3) is 3.48. The molecule has 0 bridgehead atoms. The number of halogens is 1. The summed E-state index contributed by atoms with van der Waals surface area (Å²) >= 11 is 6.91. The van der Waals surface area contributed by atoms with Crippen molar-refractivity contribution >= 4 is 23.0 Å². The van der Waals surface area contributed by atoms with E-state index in [2.05, 4.69) is 0 Å². The summed E-state index contributed by atoms with van der Waals surface area (Å²) in [5.41, 5.74) is 2.02. The van der Waals surface area contributed by atoms with Gasteiger partial charge in [-0.2, -0.15) is 0 Å². The standard InChI is InChI=1S/C23H24ClN3O2/c1-25(2)20-16-15-19(27(28)29)21(22(20)24)23(26(3)4,17-11-7-5-8-12-17)18-13-9-6-10-14-18/h5-16H,1-4H3. The predicted molar refractivity (Wildman–Crippen MR) is 119 cm³/mol. The van der Waals surface area contributed by atoms with Gasteiger partial charge in [-0.05, 0) is 31.3 Å². The molecule has 0 saturated heterocycles. The van der Waals surface area contributed by atoms with Gasteiger partial charge in [0.1, 0.15) is 5.54 Å². The lowest BCUT2D eigenvalue weighted by Crippen LogP contribution is -2.44. The van der Waals surface area contributed by atoms with Gasteiger partial charge < -0.3 is 4.90 Å². The number of benzene rings is 3. The van der Waals surface area contributed by atoms with Gasteiger partial charge in [0, 0.05) is 20.2 Å². The fraction of sp³-hybridized carbons (Fsp3) is 0.217. The van der Waals surface area contributed by atoms with E-state index >= 15 is 0 Å². The van der Waals surface area contributed by atoms with Gasteiger partial charge in [-0.1, -0.05) is 72.3 Å². The first kappa shape index (κ1) is 20.8. The molecule has 0 heterocycles.